The summed E-state index contributed by atoms with van der Waals surface area (Å²) in [5.41, 5.74) is 18.0. The summed E-state index contributed by atoms with van der Waals surface area (Å²) >= 11 is 0. The van der Waals surface area contributed by atoms with E-state index in [1.165, 1.54) is 56.0 Å². The Hall–Kier alpha value is -6.42. The zero-order chi connectivity index (χ0) is 32.9. The van der Waals surface area contributed by atoms with Crippen LogP contribution in [-0.2, 0) is 10.8 Å². The van der Waals surface area contributed by atoms with Crippen LogP contribution in [0.4, 0.5) is 11.4 Å². The topological polar surface area (TPSA) is 50.8 Å². The number of benzene rings is 6. The number of rotatable bonds is 2. The number of nitrogens with zero attached hydrogens (tertiary/aromatic N) is 3. The van der Waals surface area contributed by atoms with Crippen molar-refractivity contribution in [1.82, 2.24) is 0 Å². The van der Waals surface area contributed by atoms with Crippen molar-refractivity contribution in [2.45, 2.75) is 24.2 Å². The van der Waals surface area contributed by atoms with Gasteiger partial charge in [0, 0.05) is 11.1 Å². The minimum Gasteiger partial charge on any atom is -0.312 e. The molecule has 0 fully saturated rings. The quantitative estimate of drug-likeness (QED) is 0.193. The molecule has 1 atom stereocenters. The third-order valence-electron chi connectivity index (χ3n) is 11.3. The Kier molecular flexibility index (Phi) is 5.54. The third-order valence-corrected chi connectivity index (χ3v) is 11.3. The number of hydrogen-bond acceptors (Lipinski definition) is 3. The van der Waals surface area contributed by atoms with E-state index in [-0.39, 0.29) is 5.41 Å². The Labute approximate surface area is 286 Å². The van der Waals surface area contributed by atoms with Crippen molar-refractivity contribution >= 4 is 11.4 Å². The maximum absolute atomic E-state index is 9.44. The van der Waals surface area contributed by atoms with E-state index in [1.54, 1.807) is 0 Å². The van der Waals surface area contributed by atoms with Crippen LogP contribution < -0.4 is 4.90 Å². The molecule has 10 rings (SSSR count). The normalized spacial score (nSPS) is 18.2. The molecule has 0 N–H and O–H groups in total. The zero-order valence-electron chi connectivity index (χ0n) is 26.9. The Morgan fingerprint density at radius 1 is 0.551 bits per heavy atom. The van der Waals surface area contributed by atoms with E-state index in [4.69, 9.17) is 0 Å². The molecular formula is C46H29N3. The van der Waals surface area contributed by atoms with Crippen LogP contribution in [-0.4, -0.2) is 0 Å². The monoisotopic (exact) mass is 623 g/mol. The number of fused-ring (bicyclic) bond motifs is 12. The predicted molar refractivity (Wildman–Crippen MR) is 195 cm³/mol. The summed E-state index contributed by atoms with van der Waals surface area (Å²) in [6.45, 7) is 2.42. The molecule has 3 nitrogen and oxygen atoms in total. The Morgan fingerprint density at radius 3 is 1.59 bits per heavy atom. The van der Waals surface area contributed by atoms with Gasteiger partial charge in [0.15, 0.2) is 0 Å². The second-order valence-corrected chi connectivity index (χ2v) is 13.7. The lowest BCUT2D eigenvalue weighted by Crippen LogP contribution is -2.42. The van der Waals surface area contributed by atoms with Crippen LogP contribution in [0.25, 0.3) is 33.4 Å². The average molecular weight is 624 g/mol. The van der Waals surface area contributed by atoms with Gasteiger partial charge in [-0.3, -0.25) is 0 Å². The van der Waals surface area contributed by atoms with Crippen LogP contribution >= 0.6 is 0 Å². The average Bonchev–Trinajstić information content (AvgIpc) is 3.60. The molecule has 1 unspecified atom stereocenters. The van der Waals surface area contributed by atoms with Gasteiger partial charge in [0.2, 0.25) is 0 Å². The molecule has 1 spiro atoms. The van der Waals surface area contributed by atoms with Gasteiger partial charge in [-0.2, -0.15) is 10.5 Å². The molecule has 49 heavy (non-hydrogen) atoms. The summed E-state index contributed by atoms with van der Waals surface area (Å²) in [6, 6.07) is 52.1. The lowest BCUT2D eigenvalue weighted by molar-refractivity contribution is 0.547. The second-order valence-electron chi connectivity index (χ2n) is 13.7. The fraction of sp³-hybridized carbons (Fsp3) is 0.0870. The summed E-state index contributed by atoms with van der Waals surface area (Å²) in [7, 11) is 0. The first-order valence-electron chi connectivity index (χ1n) is 16.8. The molecule has 0 aromatic heterocycles. The highest BCUT2D eigenvalue weighted by atomic mass is 15.2. The van der Waals surface area contributed by atoms with Crippen LogP contribution in [0.15, 0.2) is 157 Å². The van der Waals surface area contributed by atoms with Crippen molar-refractivity contribution in [3.05, 3.63) is 190 Å². The van der Waals surface area contributed by atoms with Crippen LogP contribution in [0.1, 0.15) is 46.7 Å². The van der Waals surface area contributed by atoms with Gasteiger partial charge in [-0.25, -0.2) is 0 Å². The highest BCUT2D eigenvalue weighted by molar-refractivity contribution is 5.97. The van der Waals surface area contributed by atoms with Gasteiger partial charge in [-0.15, -0.1) is 0 Å². The first kappa shape index (κ1) is 27.7. The largest absolute Gasteiger partial charge is 0.312 e. The SMILES string of the molecule is CC12CC=CC3=C1N(c1ccccc12)c1ccccc1C31c2ccc(-c3ccc(C#N)cc3)cc2-c2cc(-c3ccc(C#N)cc3)ccc21. The standard InChI is InChI=1S/C46H29N3/c1-45-24-6-9-41-44(45)49(42-10-4-2-7-39(42)45)43-11-5-3-8-40(43)46(41)37-22-20-33(31-16-12-29(27-47)13-17-31)25-35(37)36-26-34(21-23-38(36)46)32-18-14-30(28-48)15-19-32/h2-23,25-26H,24H2,1H3. The molecule has 4 aliphatic rings. The number of allylic oxidation sites excluding steroid dienone is 4. The Balaban J connectivity index is 1.30. The summed E-state index contributed by atoms with van der Waals surface area (Å²) in [5, 5.41) is 18.9. The molecule has 0 amide bonds. The van der Waals surface area contributed by atoms with Crippen molar-refractivity contribution in [2.24, 2.45) is 0 Å². The van der Waals surface area contributed by atoms with E-state index in [0.29, 0.717) is 11.1 Å². The maximum Gasteiger partial charge on any atom is 0.0991 e. The third kappa shape index (κ3) is 3.49. The lowest BCUT2D eigenvalue weighted by Gasteiger charge is -2.47. The van der Waals surface area contributed by atoms with Gasteiger partial charge in [0.25, 0.3) is 0 Å². The van der Waals surface area contributed by atoms with Crippen molar-refractivity contribution in [3.8, 4) is 45.5 Å². The molecule has 2 aliphatic heterocycles. The first-order valence-corrected chi connectivity index (χ1v) is 16.8. The molecule has 0 bridgehead atoms. The number of nitriles is 2. The van der Waals surface area contributed by atoms with Crippen LogP contribution in [0.5, 0.6) is 0 Å². The van der Waals surface area contributed by atoms with E-state index in [1.807, 2.05) is 48.5 Å². The van der Waals surface area contributed by atoms with Crippen molar-refractivity contribution < 1.29 is 0 Å². The van der Waals surface area contributed by atoms with Crippen molar-refractivity contribution in [2.75, 3.05) is 4.90 Å². The summed E-state index contributed by atoms with van der Waals surface area (Å²) in [6.07, 6.45) is 5.75. The van der Waals surface area contributed by atoms with Crippen molar-refractivity contribution in [1.29, 1.82) is 10.5 Å². The van der Waals surface area contributed by atoms with Gasteiger partial charge in [0.1, 0.15) is 0 Å². The fourth-order valence-electron chi connectivity index (χ4n) is 9.18. The molecule has 2 aliphatic carbocycles. The van der Waals surface area contributed by atoms with Crippen LogP contribution in [0.3, 0.4) is 0 Å². The van der Waals surface area contributed by atoms with Gasteiger partial charge in [-0.1, -0.05) is 97.1 Å². The smallest absolute Gasteiger partial charge is 0.0991 e. The predicted octanol–water partition coefficient (Wildman–Crippen LogP) is 10.7. The number of para-hydroxylation sites is 2. The molecule has 0 saturated carbocycles. The molecular weight excluding hydrogens is 595 g/mol. The molecule has 2 heterocycles. The van der Waals surface area contributed by atoms with E-state index in [9.17, 15) is 10.5 Å². The van der Waals surface area contributed by atoms with E-state index in [0.717, 1.165) is 28.7 Å². The highest BCUT2D eigenvalue weighted by Crippen LogP contribution is 2.68. The highest BCUT2D eigenvalue weighted by Gasteiger charge is 2.58. The van der Waals surface area contributed by atoms with E-state index in [2.05, 4.69) is 121 Å². The molecule has 6 aromatic rings. The van der Waals surface area contributed by atoms with Crippen molar-refractivity contribution in [3.63, 3.8) is 0 Å². The number of anilines is 2. The van der Waals surface area contributed by atoms with Gasteiger partial charge in [-0.05, 0) is 123 Å². The minimum absolute atomic E-state index is 0.158. The molecule has 6 aromatic carbocycles. The van der Waals surface area contributed by atoms with Gasteiger partial charge < -0.3 is 4.90 Å². The van der Waals surface area contributed by atoms with E-state index < -0.39 is 5.41 Å². The van der Waals surface area contributed by atoms with Crippen LogP contribution in [0, 0.1) is 22.7 Å². The van der Waals surface area contributed by atoms with Crippen LogP contribution in [0.2, 0.25) is 0 Å². The minimum atomic E-state index is -0.514. The molecule has 3 heteroatoms. The van der Waals surface area contributed by atoms with Gasteiger partial charge >= 0.3 is 0 Å². The lowest BCUT2D eigenvalue weighted by atomic mass is 9.60. The van der Waals surface area contributed by atoms with Gasteiger partial charge in [0.05, 0.1) is 40.1 Å². The number of hydrogen-bond donors (Lipinski definition) is 0. The fourth-order valence-corrected chi connectivity index (χ4v) is 9.18. The molecule has 0 saturated heterocycles. The van der Waals surface area contributed by atoms with E-state index >= 15 is 0 Å². The molecule has 0 radical (unpaired) electrons. The molecule has 228 valence electrons. The Morgan fingerprint density at radius 2 is 1.04 bits per heavy atom. The zero-order valence-corrected chi connectivity index (χ0v) is 26.9. The first-order chi connectivity index (χ1) is 24.1. The summed E-state index contributed by atoms with van der Waals surface area (Å²) in [5.74, 6) is 0. The maximum atomic E-state index is 9.44. The second kappa shape index (κ2) is 9.80. The summed E-state index contributed by atoms with van der Waals surface area (Å²) in [4.78, 5) is 2.54. The Bertz CT molecular complexity index is 2450. The summed E-state index contributed by atoms with van der Waals surface area (Å²) < 4.78 is 0.